The molecule has 5 nitrogen and oxygen atoms in total. The Balaban J connectivity index is 2.28. The van der Waals surface area contributed by atoms with Crippen LogP contribution in [-0.2, 0) is 16.1 Å². The Morgan fingerprint density at radius 2 is 2.30 bits per heavy atom. The smallest absolute Gasteiger partial charge is 0.328 e. The first-order chi connectivity index (χ1) is 9.71. The van der Waals surface area contributed by atoms with Gasteiger partial charge in [-0.2, -0.15) is 0 Å². The molecule has 0 saturated heterocycles. The Bertz CT molecular complexity index is 476. The van der Waals surface area contributed by atoms with Crippen LogP contribution < -0.4 is 15.4 Å². The Morgan fingerprint density at radius 1 is 1.50 bits per heavy atom. The number of nitrogens with two attached hydrogens (primary N) is 1. The first-order valence-corrected chi connectivity index (χ1v) is 7.10. The first kappa shape index (κ1) is 14.7. The summed E-state index contributed by atoms with van der Waals surface area (Å²) in [5, 5.41) is 0. The molecular formula is C15H22N2O3. The number of anilines is 1. The molecule has 5 heteroatoms. The summed E-state index contributed by atoms with van der Waals surface area (Å²) in [6, 6.07) is 5.62. The summed E-state index contributed by atoms with van der Waals surface area (Å²) in [7, 11) is 0. The van der Waals surface area contributed by atoms with Gasteiger partial charge in [0.05, 0.1) is 18.8 Å². The monoisotopic (exact) mass is 278 g/mol. The fourth-order valence-electron chi connectivity index (χ4n) is 2.49. The second-order valence-corrected chi connectivity index (χ2v) is 4.72. The molecule has 0 amide bonds. The molecule has 110 valence electrons. The lowest BCUT2D eigenvalue weighted by molar-refractivity contribution is -0.144. The summed E-state index contributed by atoms with van der Waals surface area (Å²) in [6.07, 6.45) is 0.705. The van der Waals surface area contributed by atoms with Crippen LogP contribution in [0.2, 0.25) is 0 Å². The quantitative estimate of drug-likeness (QED) is 0.830. The molecule has 20 heavy (non-hydrogen) atoms. The van der Waals surface area contributed by atoms with Crippen molar-refractivity contribution in [3.05, 3.63) is 23.8 Å². The molecule has 1 aliphatic heterocycles. The Labute approximate surface area is 119 Å². The highest BCUT2D eigenvalue weighted by Crippen LogP contribution is 2.34. The topological polar surface area (TPSA) is 64.8 Å². The second-order valence-electron chi connectivity index (χ2n) is 4.72. The summed E-state index contributed by atoms with van der Waals surface area (Å²) in [5.41, 5.74) is 7.61. The normalized spacial score (nSPS) is 15.2. The van der Waals surface area contributed by atoms with Gasteiger partial charge in [0.15, 0.2) is 0 Å². The van der Waals surface area contributed by atoms with Crippen molar-refractivity contribution in [2.75, 3.05) is 24.7 Å². The average molecular weight is 278 g/mol. The number of hydrogen-bond acceptors (Lipinski definition) is 5. The van der Waals surface area contributed by atoms with Gasteiger partial charge < -0.3 is 20.1 Å². The SMILES string of the molecule is CCOC(=O)C(CC)N1CCOc2cc(CN)ccc21. The van der Waals surface area contributed by atoms with E-state index in [4.69, 9.17) is 15.2 Å². The van der Waals surface area contributed by atoms with Crippen LogP contribution in [0.3, 0.4) is 0 Å². The van der Waals surface area contributed by atoms with E-state index in [9.17, 15) is 4.79 Å². The van der Waals surface area contributed by atoms with Crippen molar-refractivity contribution >= 4 is 11.7 Å². The van der Waals surface area contributed by atoms with E-state index < -0.39 is 0 Å². The third-order valence-electron chi connectivity index (χ3n) is 3.48. The maximum absolute atomic E-state index is 12.1. The van der Waals surface area contributed by atoms with Gasteiger partial charge in [-0.05, 0) is 31.0 Å². The number of carbonyl (C=O) groups is 1. The van der Waals surface area contributed by atoms with Gasteiger partial charge in [-0.15, -0.1) is 0 Å². The predicted molar refractivity (Wildman–Crippen MR) is 77.9 cm³/mol. The molecule has 1 heterocycles. The lowest BCUT2D eigenvalue weighted by Gasteiger charge is -2.36. The van der Waals surface area contributed by atoms with E-state index in [1.807, 2.05) is 32.0 Å². The lowest BCUT2D eigenvalue weighted by Crippen LogP contribution is -2.46. The van der Waals surface area contributed by atoms with Crippen molar-refractivity contribution in [1.82, 2.24) is 0 Å². The van der Waals surface area contributed by atoms with Crippen molar-refractivity contribution in [1.29, 1.82) is 0 Å². The molecule has 1 aromatic rings. The van der Waals surface area contributed by atoms with Gasteiger partial charge in [0.1, 0.15) is 18.4 Å². The van der Waals surface area contributed by atoms with E-state index in [-0.39, 0.29) is 12.0 Å². The predicted octanol–water partition coefficient (Wildman–Crippen LogP) is 1.69. The van der Waals surface area contributed by atoms with Crippen LogP contribution >= 0.6 is 0 Å². The zero-order valence-corrected chi connectivity index (χ0v) is 12.1. The van der Waals surface area contributed by atoms with E-state index in [0.29, 0.717) is 32.7 Å². The van der Waals surface area contributed by atoms with Gasteiger partial charge in [0.25, 0.3) is 0 Å². The third kappa shape index (κ3) is 2.88. The van der Waals surface area contributed by atoms with Gasteiger partial charge in [-0.3, -0.25) is 0 Å². The number of hydrogen-bond donors (Lipinski definition) is 1. The van der Waals surface area contributed by atoms with Crippen molar-refractivity contribution < 1.29 is 14.3 Å². The summed E-state index contributed by atoms with van der Waals surface area (Å²) in [4.78, 5) is 14.1. The molecule has 1 aliphatic rings. The molecule has 0 aliphatic carbocycles. The maximum atomic E-state index is 12.1. The third-order valence-corrected chi connectivity index (χ3v) is 3.48. The number of fused-ring (bicyclic) bond motifs is 1. The molecule has 0 aromatic heterocycles. The van der Waals surface area contributed by atoms with Gasteiger partial charge in [0.2, 0.25) is 0 Å². The Hall–Kier alpha value is -1.75. The fourth-order valence-corrected chi connectivity index (χ4v) is 2.49. The lowest BCUT2D eigenvalue weighted by atomic mass is 10.1. The molecule has 1 atom stereocenters. The molecular weight excluding hydrogens is 256 g/mol. The van der Waals surface area contributed by atoms with Crippen LogP contribution in [0, 0.1) is 0 Å². The highest BCUT2D eigenvalue weighted by molar-refractivity contribution is 5.81. The standard InChI is InChI=1S/C15H22N2O3/c1-3-12(15(18)19-4-2)17-7-8-20-14-9-11(10-16)5-6-13(14)17/h5-6,9,12H,3-4,7-8,10,16H2,1-2H3. The van der Waals surface area contributed by atoms with Gasteiger partial charge in [-0.1, -0.05) is 13.0 Å². The zero-order chi connectivity index (χ0) is 14.5. The highest BCUT2D eigenvalue weighted by Gasteiger charge is 2.30. The fraction of sp³-hybridized carbons (Fsp3) is 0.533. The molecule has 0 spiro atoms. The van der Waals surface area contributed by atoms with Crippen LogP contribution in [-0.4, -0.2) is 31.8 Å². The van der Waals surface area contributed by atoms with E-state index in [1.54, 1.807) is 0 Å². The molecule has 1 aromatic carbocycles. The zero-order valence-electron chi connectivity index (χ0n) is 12.1. The van der Waals surface area contributed by atoms with Crippen molar-refractivity contribution in [3.63, 3.8) is 0 Å². The average Bonchev–Trinajstić information content (AvgIpc) is 2.48. The van der Waals surface area contributed by atoms with E-state index in [2.05, 4.69) is 4.90 Å². The van der Waals surface area contributed by atoms with Gasteiger partial charge >= 0.3 is 5.97 Å². The largest absolute Gasteiger partial charge is 0.490 e. The Morgan fingerprint density at radius 3 is 2.95 bits per heavy atom. The number of carbonyl (C=O) groups excluding carboxylic acids is 1. The van der Waals surface area contributed by atoms with Crippen LogP contribution in [0.5, 0.6) is 5.75 Å². The minimum Gasteiger partial charge on any atom is -0.490 e. The molecule has 0 radical (unpaired) electrons. The number of esters is 1. The molecule has 1 unspecified atom stereocenters. The molecule has 0 saturated carbocycles. The minimum atomic E-state index is -0.263. The van der Waals surface area contributed by atoms with Gasteiger partial charge in [0, 0.05) is 6.54 Å². The Kier molecular flexibility index (Phi) is 4.84. The summed E-state index contributed by atoms with van der Waals surface area (Å²) in [6.45, 7) is 5.95. The number of nitrogens with zero attached hydrogens (tertiary/aromatic N) is 1. The van der Waals surface area contributed by atoms with E-state index in [0.717, 1.165) is 17.0 Å². The minimum absolute atomic E-state index is 0.175. The van der Waals surface area contributed by atoms with Crippen LogP contribution in [0.25, 0.3) is 0 Å². The number of ether oxygens (including phenoxy) is 2. The van der Waals surface area contributed by atoms with Crippen molar-refractivity contribution in [3.8, 4) is 5.75 Å². The highest BCUT2D eigenvalue weighted by atomic mass is 16.5. The first-order valence-electron chi connectivity index (χ1n) is 7.10. The van der Waals surface area contributed by atoms with Gasteiger partial charge in [-0.25, -0.2) is 4.79 Å². The summed E-state index contributed by atoms with van der Waals surface area (Å²) >= 11 is 0. The second kappa shape index (κ2) is 6.61. The van der Waals surface area contributed by atoms with Crippen LogP contribution in [0.1, 0.15) is 25.8 Å². The van der Waals surface area contributed by atoms with E-state index >= 15 is 0 Å². The molecule has 0 bridgehead atoms. The van der Waals surface area contributed by atoms with Crippen LogP contribution in [0.15, 0.2) is 18.2 Å². The summed E-state index contributed by atoms with van der Waals surface area (Å²) < 4.78 is 10.8. The van der Waals surface area contributed by atoms with Crippen LogP contribution in [0.4, 0.5) is 5.69 Å². The van der Waals surface area contributed by atoms with Crippen molar-refractivity contribution in [2.24, 2.45) is 5.73 Å². The number of benzene rings is 1. The maximum Gasteiger partial charge on any atom is 0.328 e. The molecule has 0 fully saturated rings. The van der Waals surface area contributed by atoms with Crippen molar-refractivity contribution in [2.45, 2.75) is 32.9 Å². The number of rotatable bonds is 5. The summed E-state index contributed by atoms with van der Waals surface area (Å²) in [5.74, 6) is 0.618. The van der Waals surface area contributed by atoms with E-state index in [1.165, 1.54) is 0 Å². The molecule has 2 rings (SSSR count). The molecule has 2 N–H and O–H groups in total.